The maximum absolute atomic E-state index is 12.2. The Morgan fingerprint density at radius 3 is 1.57 bits per heavy atom. The molecule has 0 radical (unpaired) electrons. The van der Waals surface area contributed by atoms with Gasteiger partial charge in [0.2, 0.25) is 0 Å². The molecule has 0 spiro atoms. The molecule has 9 nitrogen and oxygen atoms in total. The fourth-order valence-electron chi connectivity index (χ4n) is 2.83. The molecule has 0 fully saturated rings. The first-order valence-corrected chi connectivity index (χ1v) is 12.0. The molecule has 0 heterocycles. The maximum Gasteiger partial charge on any atom is 0.335 e. The van der Waals surface area contributed by atoms with Crippen LogP contribution < -0.4 is 0 Å². The highest BCUT2D eigenvalue weighted by Gasteiger charge is 2.38. The Balaban J connectivity index is 5.12. The van der Waals surface area contributed by atoms with Crippen molar-refractivity contribution < 1.29 is 41.6 Å². The van der Waals surface area contributed by atoms with Crippen LogP contribution in [0, 0.1) is 11.8 Å². The van der Waals surface area contributed by atoms with E-state index in [0.29, 0.717) is 32.1 Å². The van der Waals surface area contributed by atoms with Gasteiger partial charge >= 0.3 is 23.9 Å². The fraction of sp³-hybridized carbons (Fsp3) is 0.800. The Morgan fingerprint density at radius 1 is 0.767 bits per heavy atom. The molecule has 1 N–H and O–H groups in total. The van der Waals surface area contributed by atoms with E-state index in [9.17, 15) is 32.1 Å². The van der Waals surface area contributed by atoms with Crippen LogP contribution >= 0.6 is 0 Å². The summed E-state index contributed by atoms with van der Waals surface area (Å²) in [5, 5.41) is -2.35. The third-order valence-electron chi connectivity index (χ3n) is 4.85. The number of ether oxygens (including phenoxy) is 2. The van der Waals surface area contributed by atoms with Gasteiger partial charge in [-0.1, -0.05) is 53.4 Å². The predicted octanol–water partition coefficient (Wildman–Crippen LogP) is 3.21. The summed E-state index contributed by atoms with van der Waals surface area (Å²) in [6.07, 6.45) is 3.79. The molecule has 3 atom stereocenters. The Labute approximate surface area is 178 Å². The Bertz CT molecular complexity index is 684. The van der Waals surface area contributed by atoms with Crippen molar-refractivity contribution in [2.24, 2.45) is 11.8 Å². The van der Waals surface area contributed by atoms with Crippen molar-refractivity contribution in [3.05, 3.63) is 0 Å². The molecular weight excluding hydrogens is 416 g/mol. The van der Waals surface area contributed by atoms with Crippen LogP contribution in [0.15, 0.2) is 0 Å². The lowest BCUT2D eigenvalue weighted by Gasteiger charge is -2.16. The molecule has 0 rings (SSSR count). The largest absolute Gasteiger partial charge is 0.393 e. The summed E-state index contributed by atoms with van der Waals surface area (Å²) in [5.41, 5.74) is 0. The van der Waals surface area contributed by atoms with Crippen LogP contribution in [0.2, 0.25) is 0 Å². The second-order valence-electron chi connectivity index (χ2n) is 7.24. The quantitative estimate of drug-likeness (QED) is 0.240. The second-order valence-corrected chi connectivity index (χ2v) is 8.83. The van der Waals surface area contributed by atoms with E-state index in [2.05, 4.69) is 9.47 Å². The summed E-state index contributed by atoms with van der Waals surface area (Å²) in [6, 6.07) is 0. The fourth-order valence-corrected chi connectivity index (χ4v) is 3.46. The van der Waals surface area contributed by atoms with Gasteiger partial charge in [0.05, 0.1) is 18.3 Å². The molecule has 0 amide bonds. The van der Waals surface area contributed by atoms with Crippen LogP contribution in [0.3, 0.4) is 0 Å². The molecule has 174 valence electrons. The summed E-state index contributed by atoms with van der Waals surface area (Å²) >= 11 is 0. The van der Waals surface area contributed by atoms with Crippen molar-refractivity contribution in [2.75, 3.05) is 0 Å². The highest BCUT2D eigenvalue weighted by atomic mass is 32.2. The summed E-state index contributed by atoms with van der Waals surface area (Å²) in [4.78, 5) is 48.4. The smallest absolute Gasteiger partial charge is 0.335 e. The van der Waals surface area contributed by atoms with Crippen molar-refractivity contribution in [2.45, 2.75) is 90.7 Å². The first kappa shape index (κ1) is 28.2. The molecule has 0 aliphatic rings. The van der Waals surface area contributed by atoms with Gasteiger partial charge in [0.15, 0.2) is 5.25 Å². The normalized spacial score (nSPS) is 14.4. The zero-order valence-electron chi connectivity index (χ0n) is 18.2. The lowest BCUT2D eigenvalue weighted by atomic mass is 10.00. The zero-order valence-corrected chi connectivity index (χ0v) is 19.0. The second kappa shape index (κ2) is 14.2. The summed E-state index contributed by atoms with van der Waals surface area (Å²) in [7, 11) is -5.07. The molecule has 0 aromatic heterocycles. The lowest BCUT2D eigenvalue weighted by molar-refractivity contribution is -0.168. The van der Waals surface area contributed by atoms with Crippen LogP contribution in [0.25, 0.3) is 0 Å². The number of carbonyl (C=O) groups is 4. The summed E-state index contributed by atoms with van der Waals surface area (Å²) in [5.74, 6) is -5.73. The van der Waals surface area contributed by atoms with Crippen LogP contribution in [0.5, 0.6) is 0 Å². The van der Waals surface area contributed by atoms with Crippen LogP contribution in [0.1, 0.15) is 85.5 Å². The molecule has 10 heteroatoms. The Morgan fingerprint density at radius 2 is 1.20 bits per heavy atom. The average Bonchev–Trinajstić information content (AvgIpc) is 2.66. The SMILES string of the molecule is CCCCC(CC)C(=O)OC(=O)CC(C(=O)OC(=O)C(CC)CCCC)S(=O)(=O)O. The number of carbonyl (C=O) groups excluding carboxylic acids is 4. The van der Waals surface area contributed by atoms with Crippen LogP contribution in [0.4, 0.5) is 0 Å². The third kappa shape index (κ3) is 10.3. The highest BCUT2D eigenvalue weighted by Crippen LogP contribution is 2.18. The molecule has 0 saturated carbocycles. The van der Waals surface area contributed by atoms with Gasteiger partial charge in [0.25, 0.3) is 10.1 Å². The first-order chi connectivity index (χ1) is 14.0. The van der Waals surface area contributed by atoms with E-state index in [1.54, 1.807) is 13.8 Å². The topological polar surface area (TPSA) is 141 Å². The number of hydrogen-bond donors (Lipinski definition) is 1. The highest BCUT2D eigenvalue weighted by molar-refractivity contribution is 7.87. The minimum atomic E-state index is -5.07. The van der Waals surface area contributed by atoms with Crippen molar-refractivity contribution in [1.29, 1.82) is 0 Å². The Hall–Kier alpha value is -1.81. The van der Waals surface area contributed by atoms with E-state index in [1.165, 1.54) is 0 Å². The van der Waals surface area contributed by atoms with Gasteiger partial charge in [-0.2, -0.15) is 8.42 Å². The number of hydrogen-bond acceptors (Lipinski definition) is 8. The van der Waals surface area contributed by atoms with Gasteiger partial charge in [-0.05, 0) is 25.7 Å². The molecule has 3 unspecified atom stereocenters. The summed E-state index contributed by atoms with van der Waals surface area (Å²) in [6.45, 7) is 7.34. The van der Waals surface area contributed by atoms with Gasteiger partial charge in [-0.25, -0.2) is 0 Å². The van der Waals surface area contributed by atoms with E-state index >= 15 is 0 Å². The average molecular weight is 451 g/mol. The van der Waals surface area contributed by atoms with E-state index in [4.69, 9.17) is 0 Å². The minimum Gasteiger partial charge on any atom is -0.393 e. The number of rotatable bonds is 14. The van der Waals surface area contributed by atoms with E-state index < -0.39 is 57.5 Å². The first-order valence-electron chi connectivity index (χ1n) is 10.5. The van der Waals surface area contributed by atoms with Crippen molar-refractivity contribution in [3.63, 3.8) is 0 Å². The van der Waals surface area contributed by atoms with E-state index in [0.717, 1.165) is 19.3 Å². The van der Waals surface area contributed by atoms with Gasteiger partial charge in [0.1, 0.15) is 0 Å². The van der Waals surface area contributed by atoms with Gasteiger partial charge in [-0.15, -0.1) is 0 Å². The van der Waals surface area contributed by atoms with Crippen molar-refractivity contribution >= 4 is 34.0 Å². The molecule has 0 saturated heterocycles. The Kier molecular flexibility index (Phi) is 13.4. The maximum atomic E-state index is 12.2. The number of esters is 4. The molecule has 30 heavy (non-hydrogen) atoms. The monoisotopic (exact) mass is 450 g/mol. The van der Waals surface area contributed by atoms with Crippen LogP contribution in [-0.4, -0.2) is 42.1 Å². The standard InChI is InChI=1S/C20H34O9S/c1-5-9-11-14(7-3)18(22)28-17(21)13-16(30(25,26)27)20(24)29-19(23)15(8-4)12-10-6-2/h14-16H,5-13H2,1-4H3,(H,25,26,27). The molecule has 0 aromatic rings. The summed E-state index contributed by atoms with van der Waals surface area (Å²) < 4.78 is 41.7. The van der Waals surface area contributed by atoms with E-state index in [1.807, 2.05) is 13.8 Å². The molecule has 0 aliphatic heterocycles. The van der Waals surface area contributed by atoms with Gasteiger partial charge in [0, 0.05) is 0 Å². The molecule has 0 bridgehead atoms. The molecule has 0 aromatic carbocycles. The van der Waals surface area contributed by atoms with Gasteiger partial charge in [-0.3, -0.25) is 23.7 Å². The van der Waals surface area contributed by atoms with Crippen molar-refractivity contribution in [3.8, 4) is 0 Å². The number of unbranched alkanes of at least 4 members (excludes halogenated alkanes) is 2. The third-order valence-corrected chi connectivity index (χ3v) is 5.93. The zero-order chi connectivity index (χ0) is 23.3. The van der Waals surface area contributed by atoms with E-state index in [-0.39, 0.29) is 0 Å². The van der Waals surface area contributed by atoms with Crippen LogP contribution in [-0.2, 0) is 38.8 Å². The molecular formula is C20H34O9S. The van der Waals surface area contributed by atoms with Crippen molar-refractivity contribution in [1.82, 2.24) is 0 Å². The predicted molar refractivity (Wildman–Crippen MR) is 109 cm³/mol. The van der Waals surface area contributed by atoms with Gasteiger partial charge < -0.3 is 9.47 Å². The molecule has 0 aliphatic carbocycles. The minimum absolute atomic E-state index is 0.384. The lowest BCUT2D eigenvalue weighted by Crippen LogP contribution is -2.37.